The van der Waals surface area contributed by atoms with Crippen LogP contribution in [0.5, 0.6) is 0 Å². The molecule has 0 amide bonds. The lowest BCUT2D eigenvalue weighted by molar-refractivity contribution is -0.187. The number of carboxylic acids is 1. The summed E-state index contributed by atoms with van der Waals surface area (Å²) in [6.45, 7) is -1.23. The standard InChI is InChI=1S/C13H14F4N2O4S/c1-18-24(22,23)7-2-3-11(10(14)4-7)19-5-8(12(20)21)9(6-19)13(15,16)17/h2-4,8-9,18H,5-6H2,1H3,(H,20,21)/t8-,9-/m1/s1. The molecule has 1 aliphatic rings. The van der Waals surface area contributed by atoms with Crippen LogP contribution < -0.4 is 9.62 Å². The molecular weight excluding hydrogens is 356 g/mol. The summed E-state index contributed by atoms with van der Waals surface area (Å²) >= 11 is 0. The van der Waals surface area contributed by atoms with Gasteiger partial charge in [0.1, 0.15) is 5.82 Å². The van der Waals surface area contributed by atoms with Crippen molar-refractivity contribution in [3.63, 3.8) is 0 Å². The largest absolute Gasteiger partial charge is 0.481 e. The lowest BCUT2D eigenvalue weighted by Crippen LogP contribution is -2.33. The van der Waals surface area contributed by atoms with Crippen molar-refractivity contribution in [2.24, 2.45) is 11.8 Å². The first-order valence-electron chi connectivity index (χ1n) is 6.75. The Balaban J connectivity index is 2.35. The van der Waals surface area contributed by atoms with Gasteiger partial charge in [-0.1, -0.05) is 0 Å². The van der Waals surface area contributed by atoms with Gasteiger partial charge in [-0.3, -0.25) is 4.79 Å². The second-order valence-electron chi connectivity index (χ2n) is 5.32. The van der Waals surface area contributed by atoms with Crippen LogP contribution in [0.1, 0.15) is 0 Å². The molecule has 1 fully saturated rings. The number of anilines is 1. The molecule has 1 aliphatic heterocycles. The van der Waals surface area contributed by atoms with Gasteiger partial charge in [-0.25, -0.2) is 17.5 Å². The number of benzene rings is 1. The Morgan fingerprint density at radius 2 is 1.96 bits per heavy atom. The minimum atomic E-state index is -4.73. The summed E-state index contributed by atoms with van der Waals surface area (Å²) in [5, 5.41) is 8.96. The number of nitrogens with one attached hydrogen (secondary N) is 1. The van der Waals surface area contributed by atoms with Gasteiger partial charge in [-0.15, -0.1) is 0 Å². The first-order valence-corrected chi connectivity index (χ1v) is 8.23. The predicted octanol–water partition coefficient (Wildman–Crippen LogP) is 1.43. The maximum absolute atomic E-state index is 14.2. The Bertz CT molecular complexity index is 751. The lowest BCUT2D eigenvalue weighted by atomic mass is 9.96. The summed E-state index contributed by atoms with van der Waals surface area (Å²) in [6, 6.07) is 2.75. The van der Waals surface area contributed by atoms with Crippen LogP contribution in [0, 0.1) is 17.7 Å². The van der Waals surface area contributed by atoms with Gasteiger partial charge in [0.2, 0.25) is 10.0 Å². The van der Waals surface area contributed by atoms with Crippen LogP contribution in [0.15, 0.2) is 23.1 Å². The van der Waals surface area contributed by atoms with E-state index in [1.807, 2.05) is 4.72 Å². The summed E-state index contributed by atoms with van der Waals surface area (Å²) in [5.41, 5.74) is -0.275. The fraction of sp³-hybridized carbons (Fsp3) is 0.462. The zero-order valence-electron chi connectivity index (χ0n) is 12.3. The number of halogens is 4. The smallest absolute Gasteiger partial charge is 0.394 e. The van der Waals surface area contributed by atoms with Crippen LogP contribution in [0.3, 0.4) is 0 Å². The van der Waals surface area contributed by atoms with Crippen LogP contribution in [-0.2, 0) is 14.8 Å². The van der Waals surface area contributed by atoms with E-state index in [0.717, 1.165) is 24.1 Å². The fourth-order valence-corrected chi connectivity index (χ4v) is 3.35. The number of hydrogen-bond donors (Lipinski definition) is 2. The molecule has 24 heavy (non-hydrogen) atoms. The second kappa shape index (κ2) is 6.20. The second-order valence-corrected chi connectivity index (χ2v) is 7.21. The third-order valence-corrected chi connectivity index (χ3v) is 5.31. The quantitative estimate of drug-likeness (QED) is 0.783. The average Bonchev–Trinajstić information content (AvgIpc) is 2.92. The summed E-state index contributed by atoms with van der Waals surface area (Å²) in [4.78, 5) is 11.6. The van der Waals surface area contributed by atoms with Crippen molar-refractivity contribution in [1.29, 1.82) is 0 Å². The van der Waals surface area contributed by atoms with Gasteiger partial charge < -0.3 is 10.0 Å². The minimum absolute atomic E-state index is 0.275. The molecule has 0 aliphatic carbocycles. The van der Waals surface area contributed by atoms with Crippen molar-refractivity contribution < 1.29 is 35.9 Å². The van der Waals surface area contributed by atoms with E-state index in [0.29, 0.717) is 6.07 Å². The fourth-order valence-electron chi connectivity index (χ4n) is 2.61. The van der Waals surface area contributed by atoms with Crippen LogP contribution in [0.25, 0.3) is 0 Å². The number of aliphatic carboxylic acids is 1. The van der Waals surface area contributed by atoms with E-state index in [1.54, 1.807) is 0 Å². The Hall–Kier alpha value is -1.88. The normalized spacial score (nSPS) is 22.0. The number of nitrogens with zero attached hydrogens (tertiary/aromatic N) is 1. The summed E-state index contributed by atoms with van der Waals surface area (Å²) in [6.07, 6.45) is -4.73. The van der Waals surface area contributed by atoms with Gasteiger partial charge in [0, 0.05) is 13.1 Å². The van der Waals surface area contributed by atoms with Gasteiger partial charge in [0.15, 0.2) is 0 Å². The monoisotopic (exact) mass is 370 g/mol. The Morgan fingerprint density at radius 3 is 2.38 bits per heavy atom. The topological polar surface area (TPSA) is 86.7 Å². The highest BCUT2D eigenvalue weighted by Gasteiger charge is 2.52. The SMILES string of the molecule is CNS(=O)(=O)c1ccc(N2C[C@@H](C(F)(F)F)[C@H](C(=O)O)C2)c(F)c1. The first kappa shape index (κ1) is 18.5. The maximum atomic E-state index is 14.2. The van der Waals surface area contributed by atoms with Crippen molar-refractivity contribution in [1.82, 2.24) is 4.72 Å². The summed E-state index contributed by atoms with van der Waals surface area (Å²) in [7, 11) is -2.77. The van der Waals surface area contributed by atoms with Crippen molar-refractivity contribution in [2.45, 2.75) is 11.1 Å². The molecule has 6 nitrogen and oxygen atoms in total. The van der Waals surface area contributed by atoms with E-state index in [-0.39, 0.29) is 10.6 Å². The molecule has 11 heteroatoms. The van der Waals surface area contributed by atoms with Gasteiger partial charge in [0.25, 0.3) is 0 Å². The van der Waals surface area contributed by atoms with Crippen LogP contribution in [0.2, 0.25) is 0 Å². The van der Waals surface area contributed by atoms with E-state index in [2.05, 4.69) is 0 Å². The van der Waals surface area contributed by atoms with Gasteiger partial charge in [0.05, 0.1) is 22.4 Å². The van der Waals surface area contributed by atoms with Crippen LogP contribution in [0.4, 0.5) is 23.2 Å². The number of rotatable bonds is 4. The zero-order chi connectivity index (χ0) is 18.3. The molecule has 2 rings (SSSR count). The predicted molar refractivity (Wildman–Crippen MR) is 75.5 cm³/mol. The molecule has 0 saturated carbocycles. The number of alkyl halides is 3. The average molecular weight is 370 g/mol. The minimum Gasteiger partial charge on any atom is -0.481 e. The summed E-state index contributed by atoms with van der Waals surface area (Å²) < 4.78 is 78.2. The highest BCUT2D eigenvalue weighted by molar-refractivity contribution is 7.89. The highest BCUT2D eigenvalue weighted by Crippen LogP contribution is 2.40. The van der Waals surface area contributed by atoms with E-state index < -0.39 is 52.9 Å². The Labute approximate surface area is 135 Å². The summed E-state index contributed by atoms with van der Waals surface area (Å²) in [5.74, 6) is -6.51. The van der Waals surface area contributed by atoms with E-state index in [9.17, 15) is 30.8 Å². The Kier molecular flexibility index (Phi) is 4.77. The van der Waals surface area contributed by atoms with E-state index in [1.165, 1.54) is 0 Å². The molecule has 2 N–H and O–H groups in total. The number of hydrogen-bond acceptors (Lipinski definition) is 4. The molecule has 1 saturated heterocycles. The van der Waals surface area contributed by atoms with Crippen molar-refractivity contribution in [2.75, 3.05) is 25.0 Å². The molecule has 1 heterocycles. The molecule has 134 valence electrons. The lowest BCUT2D eigenvalue weighted by Gasteiger charge is -2.20. The molecule has 1 aromatic carbocycles. The highest BCUT2D eigenvalue weighted by atomic mass is 32.2. The van der Waals surface area contributed by atoms with E-state index in [4.69, 9.17) is 5.11 Å². The van der Waals surface area contributed by atoms with E-state index >= 15 is 0 Å². The number of carbonyl (C=O) groups is 1. The molecule has 0 spiro atoms. The molecule has 0 bridgehead atoms. The molecule has 0 aromatic heterocycles. The third kappa shape index (κ3) is 3.46. The number of carboxylic acid groups (broad SMARTS) is 1. The molecule has 0 radical (unpaired) electrons. The van der Waals surface area contributed by atoms with Crippen LogP contribution in [-0.4, -0.2) is 45.8 Å². The van der Waals surface area contributed by atoms with Gasteiger partial charge in [-0.2, -0.15) is 13.2 Å². The molecule has 2 atom stereocenters. The van der Waals surface area contributed by atoms with Crippen molar-refractivity contribution in [3.8, 4) is 0 Å². The molecular formula is C13H14F4N2O4S. The van der Waals surface area contributed by atoms with Crippen molar-refractivity contribution in [3.05, 3.63) is 24.0 Å². The Morgan fingerprint density at radius 1 is 1.33 bits per heavy atom. The molecule has 0 unspecified atom stereocenters. The van der Waals surface area contributed by atoms with Gasteiger partial charge in [-0.05, 0) is 25.2 Å². The van der Waals surface area contributed by atoms with Gasteiger partial charge >= 0.3 is 12.1 Å². The van der Waals surface area contributed by atoms with Crippen molar-refractivity contribution >= 4 is 21.7 Å². The molecule has 1 aromatic rings. The number of sulfonamides is 1. The third-order valence-electron chi connectivity index (χ3n) is 3.90. The van der Waals surface area contributed by atoms with Crippen LogP contribution >= 0.6 is 0 Å². The zero-order valence-corrected chi connectivity index (χ0v) is 13.2. The maximum Gasteiger partial charge on any atom is 0.394 e. The first-order chi connectivity index (χ1) is 11.0.